The van der Waals surface area contributed by atoms with Gasteiger partial charge in [0.15, 0.2) is 5.78 Å². The van der Waals surface area contributed by atoms with E-state index < -0.39 is 5.54 Å². The summed E-state index contributed by atoms with van der Waals surface area (Å²) in [6, 6.07) is 15.5. The molecular formula is C21H23ClN2O2. The first-order valence-electron chi connectivity index (χ1n) is 8.68. The summed E-state index contributed by atoms with van der Waals surface area (Å²) in [6.45, 7) is 2.56. The Morgan fingerprint density at radius 3 is 2.65 bits per heavy atom. The fourth-order valence-corrected chi connectivity index (χ4v) is 3.79. The zero-order valence-electron chi connectivity index (χ0n) is 15.1. The fraction of sp³-hybridized carbons (Fsp3) is 0.333. The van der Waals surface area contributed by atoms with E-state index in [1.807, 2.05) is 60.4 Å². The first-order chi connectivity index (χ1) is 12.4. The first-order valence-corrected chi connectivity index (χ1v) is 9.06. The number of hydrogen-bond donors (Lipinski definition) is 1. The van der Waals surface area contributed by atoms with Gasteiger partial charge in [-0.15, -0.1) is 0 Å². The monoisotopic (exact) mass is 370 g/mol. The first kappa shape index (κ1) is 18.5. The highest BCUT2D eigenvalue weighted by Gasteiger charge is 2.46. The molecule has 3 rings (SSSR count). The van der Waals surface area contributed by atoms with Gasteiger partial charge < -0.3 is 9.64 Å². The molecule has 1 aliphatic rings. The number of hydrogen-bond acceptors (Lipinski definition) is 3. The third-order valence-corrected chi connectivity index (χ3v) is 5.28. The van der Waals surface area contributed by atoms with Crippen LogP contribution in [0.1, 0.15) is 24.5 Å². The lowest BCUT2D eigenvalue weighted by molar-refractivity contribution is -0.124. The number of ether oxygens (including phenoxy) is 1. The molecule has 0 spiro atoms. The molecule has 0 saturated carbocycles. The second-order valence-corrected chi connectivity index (χ2v) is 7.32. The van der Waals surface area contributed by atoms with E-state index in [1.54, 1.807) is 7.11 Å². The molecule has 0 aliphatic carbocycles. The van der Waals surface area contributed by atoms with Crippen molar-refractivity contribution in [3.8, 4) is 5.75 Å². The summed E-state index contributed by atoms with van der Waals surface area (Å²) < 4.78 is 5.29. The maximum Gasteiger partial charge on any atom is 0.165 e. The van der Waals surface area contributed by atoms with Crippen LogP contribution in [0.15, 0.2) is 48.5 Å². The molecule has 1 unspecified atom stereocenters. The summed E-state index contributed by atoms with van der Waals surface area (Å²) >= 11 is 6.06. The van der Waals surface area contributed by atoms with Crippen LogP contribution >= 0.6 is 11.6 Å². The number of amidine groups is 1. The molecule has 1 atom stereocenters. The van der Waals surface area contributed by atoms with E-state index in [0.29, 0.717) is 23.8 Å². The number of ketones is 1. The van der Waals surface area contributed by atoms with Crippen LogP contribution in [-0.4, -0.2) is 35.7 Å². The molecule has 26 heavy (non-hydrogen) atoms. The summed E-state index contributed by atoms with van der Waals surface area (Å²) in [5.74, 6) is 1.26. The molecule has 136 valence electrons. The van der Waals surface area contributed by atoms with E-state index in [4.69, 9.17) is 21.7 Å². The van der Waals surface area contributed by atoms with E-state index in [1.165, 1.54) is 0 Å². The van der Waals surface area contributed by atoms with Crippen LogP contribution in [0, 0.1) is 5.41 Å². The maximum absolute atomic E-state index is 12.7. The van der Waals surface area contributed by atoms with Crippen LogP contribution < -0.4 is 4.74 Å². The minimum absolute atomic E-state index is 0.0939. The number of methoxy groups -OCH3 is 1. The molecule has 0 amide bonds. The number of halogens is 1. The SMILES string of the molecule is COc1cccc(CC2(C)C(=O)CC(=N)N2CCc2cccc(Cl)c2)c1. The van der Waals surface area contributed by atoms with Gasteiger partial charge in [-0.1, -0.05) is 35.9 Å². The molecule has 1 saturated heterocycles. The number of carbonyl (C=O) groups is 1. The molecule has 1 fully saturated rings. The van der Waals surface area contributed by atoms with Gasteiger partial charge in [-0.05, 0) is 48.7 Å². The van der Waals surface area contributed by atoms with Crippen LogP contribution in [0.5, 0.6) is 5.75 Å². The number of Topliss-reactive ketones (excluding diaryl/α,β-unsaturated/α-hetero) is 1. The second kappa shape index (κ2) is 7.50. The Labute approximate surface area is 159 Å². The standard InChI is InChI=1S/C21H23ClN2O2/c1-21(14-16-6-4-8-18(12-16)26-2)19(25)13-20(23)24(21)10-9-15-5-3-7-17(22)11-15/h3-8,11-12,23H,9-10,13-14H2,1-2H3. The number of carbonyl (C=O) groups excluding carboxylic acids is 1. The van der Waals surface area contributed by atoms with Gasteiger partial charge in [0.25, 0.3) is 0 Å². The average molecular weight is 371 g/mol. The molecule has 1 N–H and O–H groups in total. The molecule has 1 heterocycles. The lowest BCUT2D eigenvalue weighted by atomic mass is 9.88. The van der Waals surface area contributed by atoms with Gasteiger partial charge in [0, 0.05) is 18.0 Å². The highest BCUT2D eigenvalue weighted by Crippen LogP contribution is 2.31. The molecule has 0 bridgehead atoms. The number of likely N-dealkylation sites (tertiary alicyclic amines) is 1. The van der Waals surface area contributed by atoms with E-state index in [9.17, 15) is 4.79 Å². The van der Waals surface area contributed by atoms with Crippen molar-refractivity contribution in [1.82, 2.24) is 4.90 Å². The van der Waals surface area contributed by atoms with Crippen molar-refractivity contribution < 1.29 is 9.53 Å². The molecule has 4 nitrogen and oxygen atoms in total. The Bertz CT molecular complexity index is 836. The molecule has 0 radical (unpaired) electrons. The second-order valence-electron chi connectivity index (χ2n) is 6.88. The average Bonchev–Trinajstić information content (AvgIpc) is 2.82. The third-order valence-electron chi connectivity index (χ3n) is 5.05. The highest BCUT2D eigenvalue weighted by molar-refractivity contribution is 6.30. The number of nitrogens with one attached hydrogen (secondary N) is 1. The van der Waals surface area contributed by atoms with Crippen molar-refractivity contribution in [3.05, 3.63) is 64.7 Å². The maximum atomic E-state index is 12.7. The summed E-state index contributed by atoms with van der Waals surface area (Å²) in [5.41, 5.74) is 1.43. The Morgan fingerprint density at radius 1 is 1.19 bits per heavy atom. The van der Waals surface area contributed by atoms with Crippen LogP contribution in [0.25, 0.3) is 0 Å². The lowest BCUT2D eigenvalue weighted by Crippen LogP contribution is -2.49. The Balaban J connectivity index is 1.80. The topological polar surface area (TPSA) is 53.4 Å². The van der Waals surface area contributed by atoms with Gasteiger partial charge in [-0.3, -0.25) is 10.2 Å². The van der Waals surface area contributed by atoms with Gasteiger partial charge in [0.05, 0.1) is 13.5 Å². The zero-order valence-corrected chi connectivity index (χ0v) is 15.8. The van der Waals surface area contributed by atoms with Crippen LogP contribution in [0.4, 0.5) is 0 Å². The summed E-state index contributed by atoms with van der Waals surface area (Å²) in [4.78, 5) is 14.6. The Hall–Kier alpha value is -2.33. The van der Waals surface area contributed by atoms with E-state index in [0.717, 1.165) is 23.3 Å². The van der Waals surface area contributed by atoms with Crippen molar-refractivity contribution in [3.63, 3.8) is 0 Å². The molecule has 2 aromatic rings. The van der Waals surface area contributed by atoms with Gasteiger partial charge >= 0.3 is 0 Å². The van der Waals surface area contributed by atoms with Crippen molar-refractivity contribution in [2.24, 2.45) is 0 Å². The van der Waals surface area contributed by atoms with E-state index >= 15 is 0 Å². The largest absolute Gasteiger partial charge is 0.497 e. The van der Waals surface area contributed by atoms with E-state index in [2.05, 4.69) is 0 Å². The van der Waals surface area contributed by atoms with Gasteiger partial charge in [0.2, 0.25) is 0 Å². The lowest BCUT2D eigenvalue weighted by Gasteiger charge is -2.35. The number of benzene rings is 2. The molecule has 5 heteroatoms. The van der Waals surface area contributed by atoms with Crippen LogP contribution in [0.2, 0.25) is 5.02 Å². The smallest absolute Gasteiger partial charge is 0.165 e. The van der Waals surface area contributed by atoms with Gasteiger partial charge in [0.1, 0.15) is 17.1 Å². The molecule has 1 aliphatic heterocycles. The Morgan fingerprint density at radius 2 is 1.92 bits per heavy atom. The normalized spacial score (nSPS) is 19.9. The van der Waals surface area contributed by atoms with Crippen molar-refractivity contribution in [1.29, 1.82) is 5.41 Å². The van der Waals surface area contributed by atoms with Gasteiger partial charge in [-0.2, -0.15) is 0 Å². The van der Waals surface area contributed by atoms with Crippen molar-refractivity contribution in [2.45, 2.75) is 31.7 Å². The molecular weight excluding hydrogens is 348 g/mol. The summed E-state index contributed by atoms with van der Waals surface area (Å²) in [7, 11) is 1.63. The quantitative estimate of drug-likeness (QED) is 0.831. The third kappa shape index (κ3) is 3.75. The minimum Gasteiger partial charge on any atom is -0.497 e. The summed E-state index contributed by atoms with van der Waals surface area (Å²) in [6.07, 6.45) is 1.49. The predicted molar refractivity (Wildman–Crippen MR) is 104 cm³/mol. The number of rotatable bonds is 6. The van der Waals surface area contributed by atoms with Gasteiger partial charge in [-0.25, -0.2) is 0 Å². The summed E-state index contributed by atoms with van der Waals surface area (Å²) in [5, 5.41) is 9.00. The molecule has 0 aromatic heterocycles. The molecule has 2 aromatic carbocycles. The van der Waals surface area contributed by atoms with E-state index in [-0.39, 0.29) is 12.2 Å². The predicted octanol–water partition coefficient (Wildman–Crippen LogP) is 4.14. The van der Waals surface area contributed by atoms with Crippen molar-refractivity contribution >= 4 is 23.2 Å². The minimum atomic E-state index is -0.706. The van der Waals surface area contributed by atoms with Crippen LogP contribution in [0.3, 0.4) is 0 Å². The Kier molecular flexibility index (Phi) is 5.33. The number of nitrogens with zero attached hydrogens (tertiary/aromatic N) is 1. The fourth-order valence-electron chi connectivity index (χ4n) is 3.58. The zero-order chi connectivity index (χ0) is 18.7. The van der Waals surface area contributed by atoms with Crippen LogP contribution in [-0.2, 0) is 17.6 Å². The highest BCUT2D eigenvalue weighted by atomic mass is 35.5. The van der Waals surface area contributed by atoms with Crippen molar-refractivity contribution in [2.75, 3.05) is 13.7 Å².